The predicted molar refractivity (Wildman–Crippen MR) is 67.9 cm³/mol. The summed E-state index contributed by atoms with van der Waals surface area (Å²) in [5.74, 6) is 1.26. The van der Waals surface area contributed by atoms with Gasteiger partial charge < -0.3 is 19.6 Å². The van der Waals surface area contributed by atoms with Crippen molar-refractivity contribution in [2.75, 3.05) is 31.1 Å². The van der Waals surface area contributed by atoms with E-state index >= 15 is 0 Å². The first-order valence-electron chi connectivity index (χ1n) is 6.05. The molecule has 1 aromatic heterocycles. The number of aromatic nitrogens is 2. The molecule has 0 aromatic carbocycles. The molecule has 1 amide bonds. The predicted octanol–water partition coefficient (Wildman–Crippen LogP) is 1.08. The molecule has 0 aliphatic carbocycles. The second-order valence-corrected chi connectivity index (χ2v) is 4.96. The van der Waals surface area contributed by atoms with Gasteiger partial charge in [0.15, 0.2) is 16.7 Å². The molecule has 1 N–H and O–H groups in total. The standard InChI is InChI=1S/C11H13ClN4O3/c12-9-5-8-10(14-13-9)16(3-4-19-8)7-1-2-15(6-7)11(17)18/h5,7H,1-4,6H2,(H,17,18). The molecule has 0 radical (unpaired) electrons. The van der Waals surface area contributed by atoms with Crippen molar-refractivity contribution in [1.82, 2.24) is 15.1 Å². The quantitative estimate of drug-likeness (QED) is 0.831. The van der Waals surface area contributed by atoms with Gasteiger partial charge in [0.1, 0.15) is 6.61 Å². The molecule has 1 fully saturated rings. The lowest BCUT2D eigenvalue weighted by Gasteiger charge is -2.33. The lowest BCUT2D eigenvalue weighted by Crippen LogP contribution is -2.43. The highest BCUT2D eigenvalue weighted by Gasteiger charge is 2.34. The fourth-order valence-electron chi connectivity index (χ4n) is 2.54. The summed E-state index contributed by atoms with van der Waals surface area (Å²) >= 11 is 5.79. The second kappa shape index (κ2) is 4.73. The van der Waals surface area contributed by atoms with E-state index in [1.807, 2.05) is 0 Å². The first-order chi connectivity index (χ1) is 9.15. The number of hydrogen-bond donors (Lipinski definition) is 1. The van der Waals surface area contributed by atoms with Crippen molar-refractivity contribution >= 4 is 23.5 Å². The van der Waals surface area contributed by atoms with E-state index < -0.39 is 6.09 Å². The van der Waals surface area contributed by atoms with Crippen molar-refractivity contribution in [1.29, 1.82) is 0 Å². The van der Waals surface area contributed by atoms with Gasteiger partial charge in [0.25, 0.3) is 0 Å². The van der Waals surface area contributed by atoms with Gasteiger partial charge in [-0.1, -0.05) is 11.6 Å². The molecule has 0 spiro atoms. The Hall–Kier alpha value is -1.76. The number of fused-ring (bicyclic) bond motifs is 1. The third-order valence-corrected chi connectivity index (χ3v) is 3.63. The van der Waals surface area contributed by atoms with Crippen molar-refractivity contribution in [3.63, 3.8) is 0 Å². The van der Waals surface area contributed by atoms with E-state index in [-0.39, 0.29) is 6.04 Å². The number of nitrogens with zero attached hydrogens (tertiary/aromatic N) is 4. The van der Waals surface area contributed by atoms with Gasteiger partial charge in [0.05, 0.1) is 12.6 Å². The average Bonchev–Trinajstić information content (AvgIpc) is 2.87. The smallest absolute Gasteiger partial charge is 0.407 e. The lowest BCUT2D eigenvalue weighted by molar-refractivity contribution is 0.155. The van der Waals surface area contributed by atoms with E-state index in [0.29, 0.717) is 43.0 Å². The Bertz CT molecular complexity index is 513. The molecule has 0 saturated carbocycles. The van der Waals surface area contributed by atoms with Crippen molar-refractivity contribution in [3.05, 3.63) is 11.2 Å². The Morgan fingerprint density at radius 3 is 3.05 bits per heavy atom. The van der Waals surface area contributed by atoms with Gasteiger partial charge in [-0.2, -0.15) is 0 Å². The van der Waals surface area contributed by atoms with Gasteiger partial charge >= 0.3 is 6.09 Å². The lowest BCUT2D eigenvalue weighted by atomic mass is 10.2. The highest BCUT2D eigenvalue weighted by Crippen LogP contribution is 2.33. The minimum atomic E-state index is -0.877. The molecule has 0 bridgehead atoms. The molecule has 2 aliphatic rings. The Morgan fingerprint density at radius 1 is 1.47 bits per heavy atom. The van der Waals surface area contributed by atoms with Gasteiger partial charge in [-0.3, -0.25) is 0 Å². The highest BCUT2D eigenvalue weighted by atomic mass is 35.5. The SMILES string of the molecule is O=C(O)N1CCC(N2CCOc3cc(Cl)nnc32)C1. The van der Waals surface area contributed by atoms with Crippen LogP contribution in [-0.2, 0) is 0 Å². The molecule has 7 nitrogen and oxygen atoms in total. The van der Waals surface area contributed by atoms with E-state index in [1.165, 1.54) is 4.90 Å². The summed E-state index contributed by atoms with van der Waals surface area (Å²) in [7, 11) is 0. The van der Waals surface area contributed by atoms with E-state index in [2.05, 4.69) is 15.1 Å². The molecule has 8 heteroatoms. The van der Waals surface area contributed by atoms with Crippen LogP contribution in [0.15, 0.2) is 6.07 Å². The summed E-state index contributed by atoms with van der Waals surface area (Å²) in [6.45, 7) is 2.26. The number of rotatable bonds is 1. The summed E-state index contributed by atoms with van der Waals surface area (Å²) in [6.07, 6.45) is -0.0889. The van der Waals surface area contributed by atoms with E-state index in [0.717, 1.165) is 6.42 Å². The molecule has 3 heterocycles. The minimum absolute atomic E-state index is 0.120. The van der Waals surface area contributed by atoms with Crippen LogP contribution in [-0.4, -0.2) is 58.6 Å². The zero-order valence-corrected chi connectivity index (χ0v) is 10.9. The van der Waals surface area contributed by atoms with Crippen LogP contribution in [0.5, 0.6) is 5.75 Å². The topological polar surface area (TPSA) is 78.8 Å². The molecule has 2 aliphatic heterocycles. The number of ether oxygens (including phenoxy) is 1. The third kappa shape index (κ3) is 2.25. The number of carbonyl (C=O) groups is 1. The van der Waals surface area contributed by atoms with Crippen molar-refractivity contribution in [2.45, 2.75) is 12.5 Å². The van der Waals surface area contributed by atoms with Gasteiger partial charge in [0.2, 0.25) is 0 Å². The highest BCUT2D eigenvalue weighted by molar-refractivity contribution is 6.29. The minimum Gasteiger partial charge on any atom is -0.488 e. The number of halogens is 1. The largest absolute Gasteiger partial charge is 0.488 e. The molecule has 1 atom stereocenters. The molecule has 1 saturated heterocycles. The normalized spacial score (nSPS) is 22.1. The maximum atomic E-state index is 11.0. The third-order valence-electron chi connectivity index (χ3n) is 3.45. The van der Waals surface area contributed by atoms with Crippen LogP contribution in [0.4, 0.5) is 10.6 Å². The Kier molecular flexibility index (Phi) is 3.06. The zero-order valence-electron chi connectivity index (χ0n) is 10.1. The summed E-state index contributed by atoms with van der Waals surface area (Å²) < 4.78 is 5.51. The van der Waals surface area contributed by atoms with Gasteiger partial charge in [-0.05, 0) is 6.42 Å². The summed E-state index contributed by atoms with van der Waals surface area (Å²) in [6, 6.07) is 1.76. The Morgan fingerprint density at radius 2 is 2.32 bits per heavy atom. The molecule has 19 heavy (non-hydrogen) atoms. The number of carboxylic acid groups (broad SMARTS) is 1. The zero-order chi connectivity index (χ0) is 13.4. The molecule has 102 valence electrons. The monoisotopic (exact) mass is 284 g/mol. The molecular formula is C11H13ClN4O3. The van der Waals surface area contributed by atoms with Gasteiger partial charge in [-0.25, -0.2) is 4.79 Å². The number of hydrogen-bond acceptors (Lipinski definition) is 5. The molecular weight excluding hydrogens is 272 g/mol. The first kappa shape index (κ1) is 12.3. The fourth-order valence-corrected chi connectivity index (χ4v) is 2.67. The number of amides is 1. The van der Waals surface area contributed by atoms with Crippen LogP contribution in [0.1, 0.15) is 6.42 Å². The maximum Gasteiger partial charge on any atom is 0.407 e. The first-order valence-corrected chi connectivity index (χ1v) is 6.43. The van der Waals surface area contributed by atoms with Crippen molar-refractivity contribution < 1.29 is 14.6 Å². The van der Waals surface area contributed by atoms with Crippen LogP contribution in [0, 0.1) is 0 Å². The van der Waals surface area contributed by atoms with Crippen molar-refractivity contribution in [2.24, 2.45) is 0 Å². The fraction of sp³-hybridized carbons (Fsp3) is 0.545. The van der Waals surface area contributed by atoms with Crippen molar-refractivity contribution in [3.8, 4) is 5.75 Å². The Labute approximate surface area is 114 Å². The summed E-state index contributed by atoms with van der Waals surface area (Å²) in [4.78, 5) is 14.4. The second-order valence-electron chi connectivity index (χ2n) is 4.57. The maximum absolute atomic E-state index is 11.0. The molecule has 3 rings (SSSR count). The van der Waals surface area contributed by atoms with Crippen LogP contribution >= 0.6 is 11.6 Å². The number of anilines is 1. The van der Waals surface area contributed by atoms with Gasteiger partial charge in [-0.15, -0.1) is 10.2 Å². The van der Waals surface area contributed by atoms with Crippen LogP contribution in [0.25, 0.3) is 0 Å². The molecule has 1 aromatic rings. The Balaban J connectivity index is 1.82. The van der Waals surface area contributed by atoms with Crippen LogP contribution < -0.4 is 9.64 Å². The van der Waals surface area contributed by atoms with E-state index in [9.17, 15) is 4.79 Å². The molecule has 1 unspecified atom stereocenters. The van der Waals surface area contributed by atoms with Gasteiger partial charge in [0, 0.05) is 19.2 Å². The summed E-state index contributed by atoms with van der Waals surface area (Å²) in [5.41, 5.74) is 0. The van der Waals surface area contributed by atoms with E-state index in [4.69, 9.17) is 21.4 Å². The van der Waals surface area contributed by atoms with E-state index in [1.54, 1.807) is 6.07 Å². The van der Waals surface area contributed by atoms with Crippen LogP contribution in [0.3, 0.4) is 0 Å². The average molecular weight is 285 g/mol. The summed E-state index contributed by atoms with van der Waals surface area (Å²) in [5, 5.41) is 17.2. The number of likely N-dealkylation sites (tertiary alicyclic amines) is 1. The van der Waals surface area contributed by atoms with Crippen LogP contribution in [0.2, 0.25) is 5.15 Å².